The van der Waals surface area contributed by atoms with Crippen LogP contribution in [0.25, 0.3) is 10.9 Å². The first-order chi connectivity index (χ1) is 17.2. The van der Waals surface area contributed by atoms with E-state index >= 15 is 0 Å². The first-order valence-corrected chi connectivity index (χ1v) is 12.0. The van der Waals surface area contributed by atoms with Crippen LogP contribution in [0.4, 0.5) is 0 Å². The van der Waals surface area contributed by atoms with Crippen LogP contribution in [0.1, 0.15) is 29.1 Å². The third kappa shape index (κ3) is 5.49. The predicted molar refractivity (Wildman–Crippen MR) is 135 cm³/mol. The molecule has 0 aliphatic carbocycles. The SMILES string of the molecule is COc1ccc2cc1OCCCN(Cc1ncc[nH]1)CC(=O)NCCc1c([nH]c3ccccc13)C2. The van der Waals surface area contributed by atoms with Gasteiger partial charge in [0, 0.05) is 48.5 Å². The number of carbonyl (C=O) groups excluding carboxylic acids is 1. The van der Waals surface area contributed by atoms with Crippen molar-refractivity contribution < 1.29 is 14.3 Å². The summed E-state index contributed by atoms with van der Waals surface area (Å²) in [6.07, 6.45) is 5.80. The van der Waals surface area contributed by atoms with E-state index in [0.29, 0.717) is 32.8 Å². The average Bonchev–Trinajstić information content (AvgIpc) is 3.49. The monoisotopic (exact) mass is 473 g/mol. The van der Waals surface area contributed by atoms with Crippen molar-refractivity contribution in [2.45, 2.75) is 25.8 Å². The summed E-state index contributed by atoms with van der Waals surface area (Å²) in [6, 6.07) is 14.5. The Hall–Kier alpha value is -3.78. The molecule has 1 aliphatic heterocycles. The van der Waals surface area contributed by atoms with E-state index in [1.165, 1.54) is 10.9 Å². The van der Waals surface area contributed by atoms with Crippen LogP contribution in [0.3, 0.4) is 0 Å². The quantitative estimate of drug-likeness (QED) is 0.424. The Morgan fingerprint density at radius 3 is 2.97 bits per heavy atom. The topological polar surface area (TPSA) is 95.3 Å². The van der Waals surface area contributed by atoms with Gasteiger partial charge in [-0.1, -0.05) is 24.3 Å². The number of aromatic nitrogens is 3. The number of fused-ring (bicyclic) bond motifs is 5. The Morgan fingerprint density at radius 2 is 2.11 bits per heavy atom. The molecule has 3 heterocycles. The zero-order chi connectivity index (χ0) is 24.0. The molecule has 0 radical (unpaired) electrons. The summed E-state index contributed by atoms with van der Waals surface area (Å²) in [5, 5.41) is 4.31. The van der Waals surface area contributed by atoms with Crippen LogP contribution >= 0.6 is 0 Å². The number of aromatic amines is 2. The summed E-state index contributed by atoms with van der Waals surface area (Å²) in [7, 11) is 1.66. The van der Waals surface area contributed by atoms with Crippen LogP contribution < -0.4 is 14.8 Å². The highest BCUT2D eigenvalue weighted by atomic mass is 16.5. The highest BCUT2D eigenvalue weighted by Gasteiger charge is 2.16. The first-order valence-electron chi connectivity index (χ1n) is 12.0. The van der Waals surface area contributed by atoms with Crippen molar-refractivity contribution in [1.29, 1.82) is 0 Å². The molecule has 0 unspecified atom stereocenters. The van der Waals surface area contributed by atoms with Gasteiger partial charge in [-0.3, -0.25) is 9.69 Å². The van der Waals surface area contributed by atoms with E-state index in [-0.39, 0.29) is 5.91 Å². The molecule has 0 saturated heterocycles. The van der Waals surface area contributed by atoms with Crippen molar-refractivity contribution in [1.82, 2.24) is 25.2 Å². The van der Waals surface area contributed by atoms with E-state index in [2.05, 4.69) is 55.5 Å². The minimum absolute atomic E-state index is 0.0119. The van der Waals surface area contributed by atoms with Gasteiger partial charge >= 0.3 is 0 Å². The lowest BCUT2D eigenvalue weighted by atomic mass is 10.0. The van der Waals surface area contributed by atoms with E-state index in [0.717, 1.165) is 53.4 Å². The van der Waals surface area contributed by atoms with Crippen LogP contribution in [-0.2, 0) is 24.2 Å². The van der Waals surface area contributed by atoms with E-state index in [1.807, 2.05) is 12.1 Å². The van der Waals surface area contributed by atoms with Crippen LogP contribution in [0.5, 0.6) is 11.5 Å². The maximum Gasteiger partial charge on any atom is 0.234 e. The molecule has 5 rings (SSSR count). The maximum atomic E-state index is 12.8. The Balaban J connectivity index is 1.44. The Labute approximate surface area is 204 Å². The Bertz CT molecular complexity index is 1280. The number of imidazole rings is 1. The largest absolute Gasteiger partial charge is 0.493 e. The number of carbonyl (C=O) groups is 1. The summed E-state index contributed by atoms with van der Waals surface area (Å²) in [6.45, 7) is 2.70. The van der Waals surface area contributed by atoms with E-state index in [4.69, 9.17) is 9.47 Å². The fraction of sp³-hybridized carbons (Fsp3) is 0.333. The van der Waals surface area contributed by atoms with Gasteiger partial charge in [-0.25, -0.2) is 4.98 Å². The second kappa shape index (κ2) is 10.7. The standard InChI is InChI=1S/C27H31N5O3/c1-34-24-8-7-19-15-23-21(20-5-2-3-6-22(20)31-23)9-10-30-27(33)18-32(17-26-28-11-12-29-26)13-4-14-35-25(24)16-19/h2-3,5-8,11-12,16,31H,4,9-10,13-15,17-18H2,1H3,(H,28,29)(H,30,33). The Kier molecular flexibility index (Phi) is 6.99. The van der Waals surface area contributed by atoms with Gasteiger partial charge in [-0.15, -0.1) is 0 Å². The van der Waals surface area contributed by atoms with Crippen LogP contribution in [-0.4, -0.2) is 59.1 Å². The molecule has 0 fully saturated rings. The molecule has 0 saturated carbocycles. The third-order valence-electron chi connectivity index (χ3n) is 6.38. The van der Waals surface area contributed by atoms with E-state index < -0.39 is 0 Å². The number of benzene rings is 2. The van der Waals surface area contributed by atoms with Gasteiger partial charge in [-0.05, 0) is 42.2 Å². The minimum Gasteiger partial charge on any atom is -0.493 e. The number of amides is 1. The predicted octanol–water partition coefficient (Wildman–Crippen LogP) is 3.43. The van der Waals surface area contributed by atoms with Crippen molar-refractivity contribution in [3.05, 3.63) is 77.5 Å². The highest BCUT2D eigenvalue weighted by molar-refractivity contribution is 5.85. The van der Waals surface area contributed by atoms with Crippen molar-refractivity contribution in [3.63, 3.8) is 0 Å². The van der Waals surface area contributed by atoms with Crippen molar-refractivity contribution in [3.8, 4) is 11.5 Å². The Morgan fingerprint density at radius 1 is 1.20 bits per heavy atom. The number of para-hydroxylation sites is 1. The lowest BCUT2D eigenvalue weighted by Crippen LogP contribution is -2.38. The van der Waals surface area contributed by atoms with Gasteiger partial charge < -0.3 is 24.8 Å². The van der Waals surface area contributed by atoms with Crippen molar-refractivity contribution >= 4 is 16.8 Å². The molecule has 1 aliphatic rings. The molecule has 3 N–H and O–H groups in total. The van der Waals surface area contributed by atoms with Gasteiger partial charge in [0.15, 0.2) is 11.5 Å². The van der Waals surface area contributed by atoms with Gasteiger partial charge in [0.1, 0.15) is 5.82 Å². The molecular weight excluding hydrogens is 442 g/mol. The normalized spacial score (nSPS) is 15.9. The molecule has 2 bridgehead atoms. The van der Waals surface area contributed by atoms with Gasteiger partial charge in [0.25, 0.3) is 0 Å². The maximum absolute atomic E-state index is 12.8. The summed E-state index contributed by atoms with van der Waals surface area (Å²) in [5.41, 5.74) is 4.64. The number of nitrogens with one attached hydrogen (secondary N) is 3. The fourth-order valence-electron chi connectivity index (χ4n) is 4.71. The summed E-state index contributed by atoms with van der Waals surface area (Å²) in [4.78, 5) is 25.9. The number of hydrogen-bond donors (Lipinski definition) is 3. The van der Waals surface area contributed by atoms with E-state index in [1.54, 1.807) is 19.5 Å². The number of nitrogens with zero attached hydrogens (tertiary/aromatic N) is 2. The number of H-pyrrole nitrogens is 2. The van der Waals surface area contributed by atoms with Gasteiger partial charge in [0.2, 0.25) is 5.91 Å². The molecule has 4 aromatic rings. The number of rotatable bonds is 3. The molecule has 8 heteroatoms. The molecule has 1 amide bonds. The molecule has 182 valence electrons. The zero-order valence-corrected chi connectivity index (χ0v) is 20.0. The smallest absolute Gasteiger partial charge is 0.234 e. The van der Waals surface area contributed by atoms with Crippen molar-refractivity contribution in [2.75, 3.05) is 33.4 Å². The van der Waals surface area contributed by atoms with Crippen LogP contribution in [0.2, 0.25) is 0 Å². The van der Waals surface area contributed by atoms with Gasteiger partial charge in [0.05, 0.1) is 26.8 Å². The van der Waals surface area contributed by atoms with Crippen molar-refractivity contribution in [2.24, 2.45) is 0 Å². The molecule has 35 heavy (non-hydrogen) atoms. The summed E-state index contributed by atoms with van der Waals surface area (Å²) in [5.74, 6) is 2.31. The minimum atomic E-state index is 0.0119. The lowest BCUT2D eigenvalue weighted by Gasteiger charge is -2.21. The second-order valence-corrected chi connectivity index (χ2v) is 8.84. The number of methoxy groups -OCH3 is 1. The second-order valence-electron chi connectivity index (χ2n) is 8.84. The van der Waals surface area contributed by atoms with E-state index in [9.17, 15) is 4.79 Å². The highest BCUT2D eigenvalue weighted by Crippen LogP contribution is 2.31. The molecule has 2 aromatic heterocycles. The summed E-state index contributed by atoms with van der Waals surface area (Å²) < 4.78 is 11.7. The molecule has 0 spiro atoms. The zero-order valence-electron chi connectivity index (χ0n) is 20.0. The van der Waals surface area contributed by atoms with Crippen LogP contribution in [0, 0.1) is 0 Å². The van der Waals surface area contributed by atoms with Gasteiger partial charge in [-0.2, -0.15) is 0 Å². The molecular formula is C27H31N5O3. The third-order valence-corrected chi connectivity index (χ3v) is 6.38. The molecule has 8 nitrogen and oxygen atoms in total. The summed E-state index contributed by atoms with van der Waals surface area (Å²) >= 11 is 0. The fourth-order valence-corrected chi connectivity index (χ4v) is 4.71. The van der Waals surface area contributed by atoms with Crippen LogP contribution in [0.15, 0.2) is 54.9 Å². The first kappa shape index (κ1) is 23.0. The average molecular weight is 474 g/mol. The molecule has 2 aromatic carbocycles. The lowest BCUT2D eigenvalue weighted by molar-refractivity contribution is -0.122. The number of hydrogen-bond acceptors (Lipinski definition) is 5. The number of ether oxygens (including phenoxy) is 2. The molecule has 0 atom stereocenters.